The number of anilines is 1. The zero-order chi connectivity index (χ0) is 14.1. The van der Waals surface area contributed by atoms with Gasteiger partial charge in [0, 0.05) is 30.2 Å². The van der Waals surface area contributed by atoms with Gasteiger partial charge in [-0.25, -0.2) is 0 Å². The fourth-order valence-electron chi connectivity index (χ4n) is 3.79. The number of likely N-dealkylation sites (tertiary alicyclic amines) is 1. The molecule has 2 N–H and O–H groups in total. The van der Waals surface area contributed by atoms with Gasteiger partial charge in [0.2, 0.25) is 0 Å². The van der Waals surface area contributed by atoms with Gasteiger partial charge in [-0.15, -0.1) is 0 Å². The van der Waals surface area contributed by atoms with Gasteiger partial charge in [0.1, 0.15) is 0 Å². The molecule has 0 spiro atoms. The smallest absolute Gasteiger partial charge is 0.257 e. The third kappa shape index (κ3) is 2.39. The molecule has 2 fully saturated rings. The largest absolute Gasteiger partial charge is 0.398 e. The number of rotatable bonds is 2. The monoisotopic (exact) mass is 273 g/mol. The lowest BCUT2D eigenvalue weighted by Gasteiger charge is -2.29. The van der Waals surface area contributed by atoms with Crippen LogP contribution in [0.25, 0.3) is 0 Å². The molecule has 108 valence electrons. The van der Waals surface area contributed by atoms with Crippen LogP contribution in [0.15, 0.2) is 12.3 Å². The molecule has 4 nitrogen and oxygen atoms in total. The van der Waals surface area contributed by atoms with Gasteiger partial charge < -0.3 is 10.6 Å². The highest BCUT2D eigenvalue weighted by atomic mass is 16.2. The summed E-state index contributed by atoms with van der Waals surface area (Å²) >= 11 is 0. The second kappa shape index (κ2) is 5.43. The summed E-state index contributed by atoms with van der Waals surface area (Å²) in [5, 5.41) is 0. The molecule has 1 aromatic heterocycles. The molecule has 20 heavy (non-hydrogen) atoms. The van der Waals surface area contributed by atoms with E-state index in [1.807, 2.05) is 6.92 Å². The summed E-state index contributed by atoms with van der Waals surface area (Å²) in [5.41, 5.74) is 7.98. The van der Waals surface area contributed by atoms with E-state index < -0.39 is 0 Å². The van der Waals surface area contributed by atoms with Crippen molar-refractivity contribution >= 4 is 11.6 Å². The zero-order valence-electron chi connectivity index (χ0n) is 12.1. The third-order valence-electron chi connectivity index (χ3n) is 4.81. The van der Waals surface area contributed by atoms with Crippen molar-refractivity contribution in [3.05, 3.63) is 23.5 Å². The van der Waals surface area contributed by atoms with Crippen LogP contribution in [0.1, 0.15) is 54.6 Å². The summed E-state index contributed by atoms with van der Waals surface area (Å²) < 4.78 is 0. The Morgan fingerprint density at radius 3 is 2.75 bits per heavy atom. The zero-order valence-corrected chi connectivity index (χ0v) is 12.1. The molecule has 4 heteroatoms. The third-order valence-corrected chi connectivity index (χ3v) is 4.81. The van der Waals surface area contributed by atoms with E-state index in [1.165, 1.54) is 25.7 Å². The molecule has 1 saturated heterocycles. The van der Waals surface area contributed by atoms with Gasteiger partial charge in [-0.1, -0.05) is 12.8 Å². The molecule has 0 aromatic carbocycles. The number of aromatic nitrogens is 1. The number of pyridine rings is 1. The van der Waals surface area contributed by atoms with E-state index in [-0.39, 0.29) is 5.91 Å². The first kappa shape index (κ1) is 13.4. The highest BCUT2D eigenvalue weighted by Gasteiger charge is 2.36. The normalized spacial score (nSPS) is 23.4. The average Bonchev–Trinajstić information content (AvgIpc) is 3.09. The lowest BCUT2D eigenvalue weighted by Crippen LogP contribution is -2.39. The summed E-state index contributed by atoms with van der Waals surface area (Å²) in [6.07, 6.45) is 9.08. The molecule has 3 rings (SSSR count). The minimum atomic E-state index is 0.0735. The van der Waals surface area contributed by atoms with Gasteiger partial charge in [-0.3, -0.25) is 9.78 Å². The van der Waals surface area contributed by atoms with Crippen LogP contribution in [-0.4, -0.2) is 28.4 Å². The van der Waals surface area contributed by atoms with Crippen molar-refractivity contribution in [3.8, 4) is 0 Å². The molecule has 1 aliphatic heterocycles. The lowest BCUT2D eigenvalue weighted by molar-refractivity contribution is 0.0689. The van der Waals surface area contributed by atoms with Crippen molar-refractivity contribution in [2.24, 2.45) is 5.92 Å². The van der Waals surface area contributed by atoms with Gasteiger partial charge in [0.25, 0.3) is 5.91 Å². The van der Waals surface area contributed by atoms with E-state index in [9.17, 15) is 4.79 Å². The Hall–Kier alpha value is -1.58. The highest BCUT2D eigenvalue weighted by molar-refractivity contribution is 5.99. The summed E-state index contributed by atoms with van der Waals surface area (Å²) in [6.45, 7) is 2.76. The van der Waals surface area contributed by atoms with Crippen LogP contribution >= 0.6 is 0 Å². The highest BCUT2D eigenvalue weighted by Crippen LogP contribution is 2.36. The molecular formula is C16H23N3O. The molecule has 2 heterocycles. The molecule has 1 amide bonds. The quantitative estimate of drug-likeness (QED) is 0.901. The van der Waals surface area contributed by atoms with Gasteiger partial charge >= 0.3 is 0 Å². The number of hydrogen-bond acceptors (Lipinski definition) is 3. The standard InChI is InChI=1S/C16H23N3O/c1-11-9-14(17)13(10-18-11)16(20)19-8-4-7-15(19)12-5-2-3-6-12/h9-10,12,15H,2-8H2,1H3,(H2,17,18). The molecule has 2 aliphatic rings. The summed E-state index contributed by atoms with van der Waals surface area (Å²) in [4.78, 5) is 19.0. The molecule has 1 saturated carbocycles. The minimum Gasteiger partial charge on any atom is -0.398 e. The van der Waals surface area contributed by atoms with Crippen LogP contribution < -0.4 is 5.73 Å². The lowest BCUT2D eigenvalue weighted by atomic mass is 9.95. The average molecular weight is 273 g/mol. The number of amides is 1. The summed E-state index contributed by atoms with van der Waals surface area (Å²) in [5.74, 6) is 0.769. The molecule has 1 aromatic rings. The van der Waals surface area contributed by atoms with Gasteiger partial charge in [0.05, 0.1) is 5.56 Å². The number of hydrogen-bond donors (Lipinski definition) is 1. The second-order valence-corrected chi connectivity index (χ2v) is 6.17. The van der Waals surface area contributed by atoms with Crippen LogP contribution in [0.4, 0.5) is 5.69 Å². The maximum atomic E-state index is 12.8. The molecule has 0 radical (unpaired) electrons. The Morgan fingerprint density at radius 1 is 1.30 bits per heavy atom. The van der Waals surface area contributed by atoms with Crippen molar-refractivity contribution in [1.29, 1.82) is 0 Å². The molecule has 1 atom stereocenters. The van der Waals surface area contributed by atoms with Gasteiger partial charge in [-0.05, 0) is 44.6 Å². The van der Waals surface area contributed by atoms with E-state index >= 15 is 0 Å². The fourth-order valence-corrected chi connectivity index (χ4v) is 3.79. The van der Waals surface area contributed by atoms with E-state index in [4.69, 9.17) is 5.73 Å². The Kier molecular flexibility index (Phi) is 3.64. The number of carbonyl (C=O) groups excluding carboxylic acids is 1. The Morgan fingerprint density at radius 2 is 2.05 bits per heavy atom. The Balaban J connectivity index is 1.81. The van der Waals surface area contributed by atoms with Crippen LogP contribution in [0, 0.1) is 12.8 Å². The maximum Gasteiger partial charge on any atom is 0.257 e. The minimum absolute atomic E-state index is 0.0735. The SMILES string of the molecule is Cc1cc(N)c(C(=O)N2CCCC2C2CCCC2)cn1. The van der Waals surface area contributed by atoms with Crippen LogP contribution in [0.5, 0.6) is 0 Å². The van der Waals surface area contributed by atoms with Crippen molar-refractivity contribution in [1.82, 2.24) is 9.88 Å². The first-order valence-electron chi connectivity index (χ1n) is 7.70. The fraction of sp³-hybridized carbons (Fsp3) is 0.625. The second-order valence-electron chi connectivity index (χ2n) is 6.17. The number of aryl methyl sites for hydroxylation is 1. The van der Waals surface area contributed by atoms with E-state index in [0.717, 1.165) is 25.1 Å². The van der Waals surface area contributed by atoms with Crippen LogP contribution in [0.2, 0.25) is 0 Å². The van der Waals surface area contributed by atoms with E-state index in [0.29, 0.717) is 23.2 Å². The van der Waals surface area contributed by atoms with Gasteiger partial charge in [-0.2, -0.15) is 0 Å². The van der Waals surface area contributed by atoms with Crippen molar-refractivity contribution in [2.45, 2.75) is 51.5 Å². The van der Waals surface area contributed by atoms with Crippen molar-refractivity contribution in [2.75, 3.05) is 12.3 Å². The van der Waals surface area contributed by atoms with Crippen LogP contribution in [-0.2, 0) is 0 Å². The van der Waals surface area contributed by atoms with Crippen molar-refractivity contribution < 1.29 is 4.79 Å². The molecule has 1 unspecified atom stereocenters. The predicted molar refractivity (Wildman–Crippen MR) is 79.4 cm³/mol. The Labute approximate surface area is 120 Å². The Bertz CT molecular complexity index is 508. The molecule has 1 aliphatic carbocycles. The summed E-state index contributed by atoms with van der Waals surface area (Å²) in [7, 11) is 0. The molecular weight excluding hydrogens is 250 g/mol. The maximum absolute atomic E-state index is 12.8. The number of carbonyl (C=O) groups is 1. The topological polar surface area (TPSA) is 59.2 Å². The van der Waals surface area contributed by atoms with Crippen molar-refractivity contribution in [3.63, 3.8) is 0 Å². The van der Waals surface area contributed by atoms with Gasteiger partial charge in [0.15, 0.2) is 0 Å². The molecule has 0 bridgehead atoms. The van der Waals surface area contributed by atoms with E-state index in [2.05, 4.69) is 9.88 Å². The predicted octanol–water partition coefficient (Wildman–Crippen LogP) is 2.77. The summed E-state index contributed by atoms with van der Waals surface area (Å²) in [6, 6.07) is 2.21. The first-order valence-corrected chi connectivity index (χ1v) is 7.70. The van der Waals surface area contributed by atoms with Crippen LogP contribution in [0.3, 0.4) is 0 Å². The van der Waals surface area contributed by atoms with E-state index in [1.54, 1.807) is 12.3 Å². The number of nitrogen functional groups attached to an aromatic ring is 1. The first-order chi connectivity index (χ1) is 9.66. The number of nitrogens with two attached hydrogens (primary N) is 1. The number of nitrogens with zero attached hydrogens (tertiary/aromatic N) is 2.